The van der Waals surface area contributed by atoms with E-state index in [4.69, 9.17) is 11.6 Å². The largest absolute Gasteiger partial charge is 0.277 e. The normalized spacial score (nSPS) is 11.7. The lowest BCUT2D eigenvalue weighted by Gasteiger charge is -2.10. The first-order valence-corrected chi connectivity index (χ1v) is 8.06. The van der Waals surface area contributed by atoms with E-state index in [0.717, 1.165) is 11.1 Å². The van der Waals surface area contributed by atoms with Crippen LogP contribution in [-0.4, -0.2) is 18.6 Å². The van der Waals surface area contributed by atoms with E-state index in [1.807, 2.05) is 13.0 Å². The Morgan fingerprint density at radius 3 is 2.67 bits per heavy atom. The first-order chi connectivity index (χ1) is 9.99. The Hall–Kier alpha value is -2.05. The number of aromatic nitrogens is 2. The van der Waals surface area contributed by atoms with Gasteiger partial charge in [0.25, 0.3) is 10.0 Å². The van der Waals surface area contributed by atoms with Crippen LogP contribution in [0.15, 0.2) is 47.4 Å². The zero-order valence-corrected chi connectivity index (χ0v) is 12.7. The van der Waals surface area contributed by atoms with E-state index in [1.165, 1.54) is 12.1 Å². The quantitative estimate of drug-likeness (QED) is 0.777. The predicted molar refractivity (Wildman–Crippen MR) is 83.1 cm³/mol. The lowest BCUT2D eigenvalue weighted by Crippen LogP contribution is -2.13. The number of nitrogens with one attached hydrogen (secondary N) is 2. The van der Waals surface area contributed by atoms with E-state index in [1.54, 1.807) is 24.3 Å². The second-order valence-electron chi connectivity index (χ2n) is 4.57. The topological polar surface area (TPSA) is 74.8 Å². The number of anilines is 1. The maximum absolute atomic E-state index is 12.4. The second kappa shape index (κ2) is 5.05. The molecule has 2 aromatic carbocycles. The number of para-hydroxylation sites is 1. The summed E-state index contributed by atoms with van der Waals surface area (Å²) in [7, 11) is -3.76. The van der Waals surface area contributed by atoms with Gasteiger partial charge in [0.1, 0.15) is 4.90 Å². The molecule has 0 atom stereocenters. The molecule has 5 nitrogen and oxygen atoms in total. The minimum atomic E-state index is -3.76. The van der Waals surface area contributed by atoms with Gasteiger partial charge in [-0.05, 0) is 25.1 Å². The Morgan fingerprint density at radius 1 is 1.14 bits per heavy atom. The molecule has 7 heteroatoms. The predicted octanol–water partition coefficient (Wildman–Crippen LogP) is 3.33. The molecule has 21 heavy (non-hydrogen) atoms. The molecule has 0 amide bonds. The highest BCUT2D eigenvalue weighted by atomic mass is 35.5. The van der Waals surface area contributed by atoms with E-state index >= 15 is 0 Å². The van der Waals surface area contributed by atoms with Crippen LogP contribution in [-0.2, 0) is 10.0 Å². The van der Waals surface area contributed by atoms with Crippen molar-refractivity contribution in [2.45, 2.75) is 11.8 Å². The van der Waals surface area contributed by atoms with Gasteiger partial charge >= 0.3 is 0 Å². The van der Waals surface area contributed by atoms with Gasteiger partial charge in [-0.25, -0.2) is 8.42 Å². The monoisotopic (exact) mass is 321 g/mol. The summed E-state index contributed by atoms with van der Waals surface area (Å²) in [5, 5.41) is 7.97. The Morgan fingerprint density at radius 2 is 1.90 bits per heavy atom. The molecule has 3 rings (SSSR count). The maximum Gasteiger partial charge on any atom is 0.263 e. The van der Waals surface area contributed by atoms with Crippen molar-refractivity contribution in [2.24, 2.45) is 0 Å². The minimum Gasteiger partial charge on any atom is -0.277 e. The lowest BCUT2D eigenvalue weighted by atomic mass is 10.2. The summed E-state index contributed by atoms with van der Waals surface area (Å²) in [4.78, 5) is 0.0416. The Kier molecular flexibility index (Phi) is 3.35. The van der Waals surface area contributed by atoms with Crippen LogP contribution in [0.5, 0.6) is 0 Å². The number of nitrogens with zero attached hydrogens (tertiary/aromatic N) is 1. The number of fused-ring (bicyclic) bond motifs is 1. The van der Waals surface area contributed by atoms with Gasteiger partial charge in [-0.15, -0.1) is 0 Å². The fraction of sp³-hybridized carbons (Fsp3) is 0.0714. The zero-order valence-electron chi connectivity index (χ0n) is 11.1. The molecule has 0 saturated carbocycles. The van der Waals surface area contributed by atoms with Gasteiger partial charge in [0.2, 0.25) is 0 Å². The SMILES string of the molecule is Cc1n[nH]c2c(NS(=O)(=O)c3ccccc3Cl)cccc12. The molecule has 0 saturated heterocycles. The molecule has 0 radical (unpaired) electrons. The molecule has 1 heterocycles. The van der Waals surface area contributed by atoms with E-state index in [0.29, 0.717) is 11.2 Å². The average Bonchev–Trinajstić information content (AvgIpc) is 2.82. The van der Waals surface area contributed by atoms with Gasteiger partial charge in [0, 0.05) is 5.39 Å². The fourth-order valence-corrected chi connectivity index (χ4v) is 3.71. The van der Waals surface area contributed by atoms with Crippen molar-refractivity contribution < 1.29 is 8.42 Å². The van der Waals surface area contributed by atoms with Crippen molar-refractivity contribution >= 4 is 38.2 Å². The Bertz CT molecular complexity index is 919. The number of hydrogen-bond donors (Lipinski definition) is 2. The van der Waals surface area contributed by atoms with Crippen molar-refractivity contribution in [2.75, 3.05) is 4.72 Å². The molecule has 0 fully saturated rings. The maximum atomic E-state index is 12.4. The highest BCUT2D eigenvalue weighted by molar-refractivity contribution is 7.92. The zero-order chi connectivity index (χ0) is 15.0. The number of aryl methyl sites for hydroxylation is 1. The molecular weight excluding hydrogens is 310 g/mol. The minimum absolute atomic E-state index is 0.0416. The van der Waals surface area contributed by atoms with Crippen LogP contribution in [0.1, 0.15) is 5.69 Å². The van der Waals surface area contributed by atoms with Crippen molar-refractivity contribution in [1.29, 1.82) is 0 Å². The van der Waals surface area contributed by atoms with Gasteiger partial charge in [0.05, 0.1) is 21.9 Å². The van der Waals surface area contributed by atoms with Gasteiger partial charge in [-0.2, -0.15) is 5.10 Å². The van der Waals surface area contributed by atoms with Gasteiger partial charge in [-0.3, -0.25) is 9.82 Å². The number of hydrogen-bond acceptors (Lipinski definition) is 3. The fourth-order valence-electron chi connectivity index (χ4n) is 2.12. The third kappa shape index (κ3) is 2.48. The summed E-state index contributed by atoms with van der Waals surface area (Å²) in [5.74, 6) is 0. The van der Waals surface area contributed by atoms with Crippen LogP contribution in [0.2, 0.25) is 5.02 Å². The van der Waals surface area contributed by atoms with E-state index in [9.17, 15) is 8.42 Å². The third-order valence-corrected chi connectivity index (χ3v) is 5.03. The molecule has 108 valence electrons. The molecule has 1 aromatic heterocycles. The average molecular weight is 322 g/mol. The van der Waals surface area contributed by atoms with Gasteiger partial charge < -0.3 is 0 Å². The molecule has 0 unspecified atom stereocenters. The molecule has 0 aliphatic heterocycles. The molecule has 0 bridgehead atoms. The molecular formula is C14H12ClN3O2S. The molecule has 0 spiro atoms. The standard InChI is InChI=1S/C14H12ClN3O2S/c1-9-10-5-4-7-12(14(10)17-16-9)18-21(19,20)13-8-3-2-6-11(13)15/h2-8,18H,1H3,(H,16,17). The van der Waals surface area contributed by atoms with Crippen molar-refractivity contribution in [3.63, 3.8) is 0 Å². The molecule has 0 aliphatic rings. The van der Waals surface area contributed by atoms with Crippen molar-refractivity contribution in [1.82, 2.24) is 10.2 Å². The second-order valence-corrected chi connectivity index (χ2v) is 6.63. The van der Waals surface area contributed by atoms with E-state index in [2.05, 4.69) is 14.9 Å². The summed E-state index contributed by atoms with van der Waals surface area (Å²) in [6.45, 7) is 1.85. The Balaban J connectivity index is 2.08. The number of H-pyrrole nitrogens is 1. The van der Waals surface area contributed by atoms with Crippen LogP contribution in [0.25, 0.3) is 10.9 Å². The Labute approximate surface area is 127 Å². The first kappa shape index (κ1) is 13.9. The van der Waals surface area contributed by atoms with Crippen molar-refractivity contribution in [3.05, 3.63) is 53.2 Å². The summed E-state index contributed by atoms with van der Waals surface area (Å²) in [5.41, 5.74) is 1.89. The number of rotatable bonds is 3. The molecule has 2 N–H and O–H groups in total. The number of benzene rings is 2. The highest BCUT2D eigenvalue weighted by Gasteiger charge is 2.19. The van der Waals surface area contributed by atoms with Gasteiger partial charge in [-0.1, -0.05) is 35.9 Å². The van der Waals surface area contributed by atoms with Crippen LogP contribution in [0, 0.1) is 6.92 Å². The van der Waals surface area contributed by atoms with E-state index < -0.39 is 10.0 Å². The number of sulfonamides is 1. The molecule has 0 aliphatic carbocycles. The van der Waals surface area contributed by atoms with Crippen LogP contribution in [0.3, 0.4) is 0 Å². The highest BCUT2D eigenvalue weighted by Crippen LogP contribution is 2.27. The summed E-state index contributed by atoms with van der Waals surface area (Å²) < 4.78 is 27.4. The summed E-state index contributed by atoms with van der Waals surface area (Å²) in [6, 6.07) is 11.6. The summed E-state index contributed by atoms with van der Waals surface area (Å²) >= 11 is 5.96. The van der Waals surface area contributed by atoms with Crippen LogP contribution in [0.4, 0.5) is 5.69 Å². The number of aromatic amines is 1. The van der Waals surface area contributed by atoms with Crippen LogP contribution < -0.4 is 4.72 Å². The van der Waals surface area contributed by atoms with Crippen molar-refractivity contribution in [3.8, 4) is 0 Å². The smallest absolute Gasteiger partial charge is 0.263 e. The third-order valence-electron chi connectivity index (χ3n) is 3.16. The first-order valence-electron chi connectivity index (χ1n) is 6.20. The lowest BCUT2D eigenvalue weighted by molar-refractivity contribution is 0.601. The van der Waals surface area contributed by atoms with Crippen LogP contribution >= 0.6 is 11.6 Å². The van der Waals surface area contributed by atoms with Gasteiger partial charge in [0.15, 0.2) is 0 Å². The number of halogens is 1. The molecule has 3 aromatic rings. The van der Waals surface area contributed by atoms with E-state index in [-0.39, 0.29) is 9.92 Å². The summed E-state index contributed by atoms with van der Waals surface area (Å²) in [6.07, 6.45) is 0.